The summed E-state index contributed by atoms with van der Waals surface area (Å²) in [4.78, 5) is 214. The van der Waals surface area contributed by atoms with Crippen LogP contribution in [0.3, 0.4) is 0 Å². The fraction of sp³-hybridized carbons (Fsp3) is 0.806. The number of carbonyl (C=O) groups excluding carboxylic acids is 17. The fourth-order valence-electron chi connectivity index (χ4n) is 14.7. The summed E-state index contributed by atoms with van der Waals surface area (Å²) >= 11 is 0. The predicted molar refractivity (Wildman–Crippen MR) is 507 cm³/mol. The number of carbonyl (C=O) groups is 17. The minimum absolute atomic E-state index is 0.00662. The van der Waals surface area contributed by atoms with Crippen molar-refractivity contribution < 1.29 is 204 Å². The highest BCUT2D eigenvalue weighted by atomic mass is 31.2. The Morgan fingerprint density at radius 1 is 0.313 bits per heavy atom. The molecule has 0 radical (unpaired) electrons. The van der Waals surface area contributed by atoms with Gasteiger partial charge in [0.1, 0.15) is 88.2 Å². The average molecular weight is 2130 g/mol. The topological polar surface area (TPSA) is 653 Å². The van der Waals surface area contributed by atoms with Crippen LogP contribution in [0.1, 0.15) is 181 Å². The highest BCUT2D eigenvalue weighted by Gasteiger charge is 2.55. The third kappa shape index (κ3) is 59.4. The van der Waals surface area contributed by atoms with Crippen LogP contribution in [0.4, 0.5) is 0 Å². The molecule has 3 fully saturated rings. The van der Waals surface area contributed by atoms with Gasteiger partial charge in [-0.3, -0.25) is 81.5 Å². The van der Waals surface area contributed by atoms with Crippen LogP contribution in [0.5, 0.6) is 0 Å². The Morgan fingerprint density at radius 2 is 0.599 bits per heavy atom. The van der Waals surface area contributed by atoms with E-state index in [0.29, 0.717) is 45.1 Å². The number of ether oxygens (including phenoxy) is 24. The first kappa shape index (κ1) is 131. The average Bonchev–Trinajstić information content (AvgIpc) is 0.792. The third-order valence-electron chi connectivity index (χ3n) is 20.7. The smallest absolute Gasteiger partial charge is 0.303 e. The number of nitrogens with zero attached hydrogens (tertiary/aromatic N) is 2. The summed E-state index contributed by atoms with van der Waals surface area (Å²) in [5.74, 6) is -11.2. The van der Waals surface area contributed by atoms with E-state index in [1.54, 1.807) is 0 Å². The lowest BCUT2D eigenvalue weighted by Crippen LogP contribution is -2.66. The number of hydrogen-bond donors (Lipinski definition) is 8. The van der Waals surface area contributed by atoms with E-state index in [1.807, 2.05) is 27.7 Å². The zero-order chi connectivity index (χ0) is 109. The van der Waals surface area contributed by atoms with E-state index in [0.717, 1.165) is 68.7 Å². The molecule has 3 aliphatic rings. The Morgan fingerprint density at radius 3 is 0.912 bits per heavy atom. The van der Waals surface area contributed by atoms with Crippen molar-refractivity contribution in [1.29, 1.82) is 5.26 Å². The minimum atomic E-state index is -1.44. The molecule has 8 amide bonds. The summed E-state index contributed by atoms with van der Waals surface area (Å²) in [7, 11) is -1.44. The van der Waals surface area contributed by atoms with Gasteiger partial charge >= 0.3 is 53.7 Å². The van der Waals surface area contributed by atoms with Gasteiger partial charge in [-0.05, 0) is 79.1 Å². The first-order valence-corrected chi connectivity index (χ1v) is 50.1. The zero-order valence-corrected chi connectivity index (χ0v) is 88.0. The van der Waals surface area contributed by atoms with E-state index in [4.69, 9.17) is 128 Å². The van der Waals surface area contributed by atoms with Gasteiger partial charge in [0.25, 0.3) is 8.53 Å². The molecule has 0 aromatic carbocycles. The highest BCUT2D eigenvalue weighted by molar-refractivity contribution is 7.44. The molecule has 0 aromatic rings. The molecule has 3 saturated heterocycles. The second-order valence-electron chi connectivity index (χ2n) is 34.1. The maximum atomic E-state index is 14.6. The van der Waals surface area contributed by atoms with E-state index in [-0.39, 0.29) is 196 Å². The van der Waals surface area contributed by atoms with Gasteiger partial charge in [0.05, 0.1) is 145 Å². The molecule has 0 aromatic heterocycles. The number of nitriles is 1. The molecule has 0 aliphatic carbocycles. The van der Waals surface area contributed by atoms with Crippen molar-refractivity contribution in [2.75, 3.05) is 191 Å². The van der Waals surface area contributed by atoms with Crippen molar-refractivity contribution in [1.82, 2.24) is 47.2 Å². The van der Waals surface area contributed by atoms with Gasteiger partial charge in [0.15, 0.2) is 55.5 Å². The Kier molecular flexibility index (Phi) is 69.3. The van der Waals surface area contributed by atoms with E-state index >= 15 is 0 Å². The number of unbranched alkanes of at least 4 members (excludes halogenated alkanes) is 5. The summed E-state index contributed by atoms with van der Waals surface area (Å²) < 4.78 is 149. The highest BCUT2D eigenvalue weighted by Crippen LogP contribution is 2.46. The normalized spacial score (nSPS) is 21.2. The standard InChI is InChI=1S/C93H155N10O43P/c1-58(2)103(59(3)4)147(137-33-25-28-94)136-32-24-18-17-21-31-97-89(119)72(26-19-22-29-95-77(116)55-127-43-40-121-34-37-124-46-49-130-91-80(98-60(5)104)86(141-69(14)113)83(138-66(11)110)74(144-91)52-133-63(8)107)102-90(120)73(101-79(118)57-129-45-42-123-36-39-126-48-51-132-93-82(100-62(7)106)88(143-71(16)115)85(140-68(13)112)76(146-93)54-135-65(10)109)27-20-23-30-96-78(117)56-128-44-41-122-35-38-125-47-50-131-92-81(99-61(6)105)87(142-70(15)114)84(139-67(12)111)75(145-92)53-134-64(9)108/h58-59,72-76,80-88,91-93H,17-27,29-57H2,1-16H3,(H,95,116)(H,96,117)(H,97,119)(H,98,104)(H,99,105)(H,100,106)(H,101,118)(H,102,120)/t72-,73-,74-,75-,76-,80-,81-,82-,83+,84+,85+,86-,87-,88-,91-,92-,93-,147?/m1/s1. The molecule has 3 rings (SSSR count). The van der Waals surface area contributed by atoms with Gasteiger partial charge in [-0.2, -0.15) is 5.26 Å². The zero-order valence-electron chi connectivity index (χ0n) is 87.2. The maximum Gasteiger partial charge on any atom is 0.303 e. The van der Waals surface area contributed by atoms with Crippen LogP contribution in [0.15, 0.2) is 0 Å². The lowest BCUT2D eigenvalue weighted by molar-refractivity contribution is -0.279. The summed E-state index contributed by atoms with van der Waals surface area (Å²) in [6.07, 6.45) is -11.1. The van der Waals surface area contributed by atoms with E-state index < -0.39 is 240 Å². The van der Waals surface area contributed by atoms with Crippen molar-refractivity contribution in [3.05, 3.63) is 0 Å². The third-order valence-corrected chi connectivity index (χ3v) is 22.8. The first-order chi connectivity index (χ1) is 70.1. The number of nitrogens with one attached hydrogen (secondary N) is 8. The lowest BCUT2D eigenvalue weighted by Gasteiger charge is -2.44. The second kappa shape index (κ2) is 77.5. The summed E-state index contributed by atoms with van der Waals surface area (Å²) in [6.45, 7) is 20.7. The monoisotopic (exact) mass is 2130 g/mol. The van der Waals surface area contributed by atoms with Gasteiger partial charge in [-0.1, -0.05) is 12.8 Å². The molecule has 0 bridgehead atoms. The molecule has 0 spiro atoms. The summed E-state index contributed by atoms with van der Waals surface area (Å²) in [6, 6.07) is -3.60. The van der Waals surface area contributed by atoms with Crippen LogP contribution in [-0.4, -0.2) is 413 Å². The van der Waals surface area contributed by atoms with Crippen LogP contribution >= 0.6 is 8.53 Å². The molecular weight excluding hydrogens is 1980 g/mol. The van der Waals surface area contributed by atoms with Crippen LogP contribution in [0.25, 0.3) is 0 Å². The van der Waals surface area contributed by atoms with E-state index in [1.165, 1.54) is 20.8 Å². The van der Waals surface area contributed by atoms with Crippen LogP contribution < -0.4 is 42.5 Å². The summed E-state index contributed by atoms with van der Waals surface area (Å²) in [5, 5.41) is 31.1. The SMILES string of the molecule is CC(=O)N[C@H]1[C@H](OCCOCCOCCOCC(=O)NCCCC[C@@H](NC(=O)COCCOCCOCCO[C@@H]2O[C@H](COC(C)=O)[C@H](OC(C)=O)[C@H](OC(C)=O)[C@H]2NC(C)=O)C(=O)N[C@H](CCCCNC(=O)COCCOCCOCCO[C@@H]2O[C@H](COC(C)=O)[C@H](OC(C)=O)[C@H](OC(C)=O)[C@H]2NC(C)=O)C(=O)NCCCCCCOP(OCCC#N)N(C(C)C)C(C)C)O[C@H](COC(C)=O)[C@H](OC(C)=O)[C@@H]1OC(C)=O. The van der Waals surface area contributed by atoms with Crippen molar-refractivity contribution >= 4 is 110 Å². The molecule has 3 heterocycles. The number of hydrogen-bond acceptors (Lipinski definition) is 45. The molecule has 53 nitrogen and oxygen atoms in total. The van der Waals surface area contributed by atoms with Gasteiger partial charge < -0.3 is 165 Å². The van der Waals surface area contributed by atoms with Crippen LogP contribution in [-0.2, 0) is 204 Å². The lowest BCUT2D eigenvalue weighted by atomic mass is 9.96. The Bertz CT molecular complexity index is 3980. The van der Waals surface area contributed by atoms with Gasteiger partial charge in [-0.25, -0.2) is 4.67 Å². The van der Waals surface area contributed by atoms with Crippen LogP contribution in [0.2, 0.25) is 0 Å². The fourth-order valence-corrected chi connectivity index (χ4v) is 16.3. The maximum absolute atomic E-state index is 14.6. The molecule has 0 saturated carbocycles. The molecule has 147 heavy (non-hydrogen) atoms. The van der Waals surface area contributed by atoms with Gasteiger partial charge in [0, 0.05) is 115 Å². The van der Waals surface area contributed by atoms with Gasteiger partial charge in [0.2, 0.25) is 47.3 Å². The number of rotatable bonds is 79. The van der Waals surface area contributed by atoms with Crippen molar-refractivity contribution in [2.45, 2.75) is 298 Å². The largest absolute Gasteiger partial charge is 0.463 e. The van der Waals surface area contributed by atoms with Crippen molar-refractivity contribution in [3.8, 4) is 6.07 Å². The van der Waals surface area contributed by atoms with E-state index in [9.17, 15) is 81.5 Å². The molecule has 3 aliphatic heterocycles. The predicted octanol–water partition coefficient (Wildman–Crippen LogP) is -0.334. The van der Waals surface area contributed by atoms with Crippen molar-refractivity contribution in [2.24, 2.45) is 0 Å². The number of esters is 9. The summed E-state index contributed by atoms with van der Waals surface area (Å²) in [5.41, 5.74) is 0. The van der Waals surface area contributed by atoms with Crippen LogP contribution in [0, 0.1) is 11.3 Å². The van der Waals surface area contributed by atoms with E-state index in [2.05, 4.69) is 53.3 Å². The Labute approximate surface area is 857 Å². The Balaban J connectivity index is 1.68. The Hall–Kier alpha value is -9.81. The van der Waals surface area contributed by atoms with Gasteiger partial charge in [-0.15, -0.1) is 0 Å². The second-order valence-corrected chi connectivity index (χ2v) is 35.5. The number of amides is 8. The van der Waals surface area contributed by atoms with Crippen molar-refractivity contribution in [3.63, 3.8) is 0 Å². The minimum Gasteiger partial charge on any atom is -0.463 e. The molecule has 54 heteroatoms. The first-order valence-electron chi connectivity index (χ1n) is 49.0. The molecule has 1 unspecified atom stereocenters. The quantitative estimate of drug-likeness (QED) is 0.0167. The molecule has 840 valence electrons. The molecular formula is C93H155N10O43P. The molecule has 18 atom stereocenters. The molecule has 8 N–H and O–H groups in total.